The topological polar surface area (TPSA) is 68.0 Å². The lowest BCUT2D eigenvalue weighted by Gasteiger charge is -2.03. The van der Waals surface area contributed by atoms with Crippen LogP contribution in [0.1, 0.15) is 24.6 Å². The summed E-state index contributed by atoms with van der Waals surface area (Å²) >= 11 is 3.34. The molecule has 1 N–H and O–H groups in total. The molecule has 2 aromatic heterocycles. The smallest absolute Gasteiger partial charge is 0.323 e. The molecule has 1 aliphatic rings. The maximum atomic E-state index is 10.9. The molecule has 3 rings (SSSR count). The second-order valence-electron chi connectivity index (χ2n) is 4.22. The first-order chi connectivity index (χ1) is 8.15. The lowest BCUT2D eigenvalue weighted by Crippen LogP contribution is -2.11. The van der Waals surface area contributed by atoms with E-state index in [9.17, 15) is 4.79 Å². The molecule has 0 bridgehead atoms. The lowest BCUT2D eigenvalue weighted by molar-refractivity contribution is -0.137. The second-order valence-corrected chi connectivity index (χ2v) is 5.14. The first-order valence-corrected chi connectivity index (χ1v) is 6.18. The van der Waals surface area contributed by atoms with E-state index in [0.717, 1.165) is 28.7 Å². The largest absolute Gasteiger partial charge is 0.480 e. The van der Waals surface area contributed by atoms with Crippen LogP contribution in [0.15, 0.2) is 16.7 Å². The molecule has 0 radical (unpaired) electrons. The van der Waals surface area contributed by atoms with Crippen molar-refractivity contribution in [2.45, 2.75) is 25.3 Å². The van der Waals surface area contributed by atoms with Crippen LogP contribution in [0.5, 0.6) is 0 Å². The summed E-state index contributed by atoms with van der Waals surface area (Å²) in [6, 6.07) is 1.87. The molecule has 2 aromatic rings. The molecule has 2 heterocycles. The van der Waals surface area contributed by atoms with Gasteiger partial charge in [0.25, 0.3) is 0 Å². The van der Waals surface area contributed by atoms with Crippen LogP contribution >= 0.6 is 15.9 Å². The SMILES string of the molecule is O=C(O)Cn1c(C2CC2)nc2cc(Br)cnc21. The molecule has 1 saturated carbocycles. The zero-order chi connectivity index (χ0) is 12.0. The number of aliphatic carboxylic acids is 1. The summed E-state index contributed by atoms with van der Waals surface area (Å²) in [5.41, 5.74) is 1.40. The summed E-state index contributed by atoms with van der Waals surface area (Å²) in [5, 5.41) is 8.94. The van der Waals surface area contributed by atoms with Gasteiger partial charge in [-0.1, -0.05) is 0 Å². The van der Waals surface area contributed by atoms with E-state index >= 15 is 0 Å². The minimum absolute atomic E-state index is 0.0725. The third-order valence-corrected chi connectivity index (χ3v) is 3.25. The van der Waals surface area contributed by atoms with Crippen LogP contribution in [0.3, 0.4) is 0 Å². The van der Waals surface area contributed by atoms with Crippen LogP contribution in [-0.2, 0) is 11.3 Å². The summed E-state index contributed by atoms with van der Waals surface area (Å²) in [5.74, 6) is 0.395. The molecule has 0 aromatic carbocycles. The molecular weight excluding hydrogens is 286 g/mol. The molecule has 5 nitrogen and oxygen atoms in total. The Kier molecular flexibility index (Phi) is 2.39. The molecule has 0 unspecified atom stereocenters. The monoisotopic (exact) mass is 295 g/mol. The highest BCUT2D eigenvalue weighted by Gasteiger charge is 2.30. The molecule has 17 heavy (non-hydrogen) atoms. The maximum absolute atomic E-state index is 10.9. The van der Waals surface area contributed by atoms with E-state index in [4.69, 9.17) is 5.11 Å². The molecule has 1 aliphatic carbocycles. The van der Waals surface area contributed by atoms with Gasteiger partial charge in [0.15, 0.2) is 5.65 Å². The number of hydrogen-bond donors (Lipinski definition) is 1. The van der Waals surface area contributed by atoms with Crippen LogP contribution < -0.4 is 0 Å². The first-order valence-electron chi connectivity index (χ1n) is 5.38. The van der Waals surface area contributed by atoms with Crippen LogP contribution in [0.4, 0.5) is 0 Å². The Balaban J connectivity index is 2.19. The van der Waals surface area contributed by atoms with Crippen molar-refractivity contribution in [1.82, 2.24) is 14.5 Å². The average molecular weight is 296 g/mol. The highest BCUT2D eigenvalue weighted by Crippen LogP contribution is 2.40. The van der Waals surface area contributed by atoms with Gasteiger partial charge in [-0.15, -0.1) is 0 Å². The Morgan fingerprint density at radius 3 is 3.00 bits per heavy atom. The second kappa shape index (κ2) is 3.80. The number of rotatable bonds is 3. The molecule has 0 atom stereocenters. The molecule has 1 fully saturated rings. The minimum Gasteiger partial charge on any atom is -0.480 e. The van der Waals surface area contributed by atoms with Gasteiger partial charge in [-0.2, -0.15) is 0 Å². The van der Waals surface area contributed by atoms with Crippen molar-refractivity contribution in [2.24, 2.45) is 0 Å². The third-order valence-electron chi connectivity index (χ3n) is 2.82. The maximum Gasteiger partial charge on any atom is 0.323 e. The van der Waals surface area contributed by atoms with Crippen LogP contribution in [0.25, 0.3) is 11.2 Å². The van der Waals surface area contributed by atoms with E-state index in [1.165, 1.54) is 0 Å². The fraction of sp³-hybridized carbons (Fsp3) is 0.364. The Labute approximate surface area is 106 Å². The first kappa shape index (κ1) is 10.7. The standard InChI is InChI=1S/C11H10BrN3O2/c12-7-3-8-11(13-4-7)15(5-9(16)17)10(14-8)6-1-2-6/h3-4,6H,1-2,5H2,(H,16,17). The van der Waals surface area contributed by atoms with Crippen molar-refractivity contribution in [3.05, 3.63) is 22.6 Å². The number of halogens is 1. The lowest BCUT2D eigenvalue weighted by atomic mass is 10.4. The Bertz CT molecular complexity index is 604. The molecule has 0 saturated heterocycles. The number of pyridine rings is 1. The van der Waals surface area contributed by atoms with Gasteiger partial charge in [0.2, 0.25) is 0 Å². The van der Waals surface area contributed by atoms with Crippen molar-refractivity contribution in [3.8, 4) is 0 Å². The third kappa shape index (κ3) is 1.93. The fourth-order valence-corrected chi connectivity index (χ4v) is 2.27. The molecule has 0 aliphatic heterocycles. The predicted octanol–water partition coefficient (Wildman–Crippen LogP) is 2.16. The molecule has 0 spiro atoms. The van der Waals surface area contributed by atoms with Crippen molar-refractivity contribution in [1.29, 1.82) is 0 Å². The van der Waals surface area contributed by atoms with E-state index < -0.39 is 5.97 Å². The zero-order valence-electron chi connectivity index (χ0n) is 8.93. The van der Waals surface area contributed by atoms with Crippen LogP contribution in [0, 0.1) is 0 Å². The van der Waals surface area contributed by atoms with Crippen molar-refractivity contribution in [3.63, 3.8) is 0 Å². The van der Waals surface area contributed by atoms with Crippen molar-refractivity contribution < 1.29 is 9.90 Å². The number of carboxylic acids is 1. The zero-order valence-corrected chi connectivity index (χ0v) is 10.5. The number of aromatic nitrogens is 3. The number of carboxylic acid groups (broad SMARTS) is 1. The Morgan fingerprint density at radius 2 is 2.35 bits per heavy atom. The van der Waals surface area contributed by atoms with Gasteiger partial charge < -0.3 is 9.67 Å². The van der Waals surface area contributed by atoms with Crippen molar-refractivity contribution in [2.75, 3.05) is 0 Å². The Hall–Kier alpha value is -1.43. The molecule has 0 amide bonds. The summed E-state index contributed by atoms with van der Waals surface area (Å²) in [6.45, 7) is -0.0725. The van der Waals surface area contributed by atoms with Crippen LogP contribution in [-0.4, -0.2) is 25.6 Å². The normalized spacial score (nSPS) is 15.4. The number of hydrogen-bond acceptors (Lipinski definition) is 3. The van der Waals surface area contributed by atoms with Gasteiger partial charge >= 0.3 is 5.97 Å². The summed E-state index contributed by atoms with van der Waals surface area (Å²) in [4.78, 5) is 19.6. The number of imidazole rings is 1. The molecule has 6 heteroatoms. The van der Waals surface area contributed by atoms with Gasteiger partial charge in [0.05, 0.1) is 0 Å². The van der Waals surface area contributed by atoms with Gasteiger partial charge in [0.1, 0.15) is 17.9 Å². The summed E-state index contributed by atoms with van der Waals surface area (Å²) < 4.78 is 2.56. The number of fused-ring (bicyclic) bond motifs is 1. The highest BCUT2D eigenvalue weighted by atomic mass is 79.9. The Morgan fingerprint density at radius 1 is 1.59 bits per heavy atom. The van der Waals surface area contributed by atoms with Gasteiger partial charge in [-0.05, 0) is 34.8 Å². The van der Waals surface area contributed by atoms with Gasteiger partial charge in [0, 0.05) is 16.6 Å². The number of nitrogens with zero attached hydrogens (tertiary/aromatic N) is 3. The molecule has 88 valence electrons. The summed E-state index contributed by atoms with van der Waals surface area (Å²) in [6.07, 6.45) is 3.84. The van der Waals surface area contributed by atoms with E-state index in [-0.39, 0.29) is 6.54 Å². The van der Waals surface area contributed by atoms with E-state index in [1.807, 2.05) is 6.07 Å². The van der Waals surface area contributed by atoms with Gasteiger partial charge in [-0.25, -0.2) is 9.97 Å². The van der Waals surface area contributed by atoms with E-state index in [0.29, 0.717) is 11.6 Å². The predicted molar refractivity (Wildman–Crippen MR) is 64.8 cm³/mol. The quantitative estimate of drug-likeness (QED) is 0.942. The average Bonchev–Trinajstić information content (AvgIpc) is 3.03. The molecular formula is C11H10BrN3O2. The fourth-order valence-electron chi connectivity index (χ4n) is 1.95. The van der Waals surface area contributed by atoms with Gasteiger partial charge in [-0.3, -0.25) is 4.79 Å². The van der Waals surface area contributed by atoms with E-state index in [2.05, 4.69) is 25.9 Å². The van der Waals surface area contributed by atoms with E-state index in [1.54, 1.807) is 10.8 Å². The van der Waals surface area contributed by atoms with Crippen molar-refractivity contribution >= 4 is 33.1 Å². The number of carbonyl (C=O) groups is 1. The highest BCUT2D eigenvalue weighted by molar-refractivity contribution is 9.10. The summed E-state index contributed by atoms with van der Waals surface area (Å²) in [7, 11) is 0. The minimum atomic E-state index is -0.865. The van der Waals surface area contributed by atoms with Crippen LogP contribution in [0.2, 0.25) is 0 Å².